The fraction of sp³-hybridized carbons (Fsp3) is 0.562. The van der Waals surface area contributed by atoms with Crippen molar-refractivity contribution in [3.05, 3.63) is 33.8 Å². The van der Waals surface area contributed by atoms with Gasteiger partial charge in [0, 0.05) is 35.1 Å². The Balaban J connectivity index is 0.00000242. The van der Waals surface area contributed by atoms with Gasteiger partial charge in [-0.05, 0) is 43.4 Å². The number of hydrogen-bond acceptors (Lipinski definition) is 2. The highest BCUT2D eigenvalue weighted by atomic mass is 35.5. The molecule has 1 heterocycles. The van der Waals surface area contributed by atoms with Crippen LogP contribution < -0.4 is 5.73 Å². The van der Waals surface area contributed by atoms with Crippen LogP contribution in [0.15, 0.2) is 18.2 Å². The van der Waals surface area contributed by atoms with Crippen molar-refractivity contribution in [3.63, 3.8) is 0 Å². The lowest BCUT2D eigenvalue weighted by atomic mass is 9.96. The number of amides is 1. The average Bonchev–Trinajstić information content (AvgIpc) is 2.49. The third-order valence-electron chi connectivity index (χ3n) is 4.15. The molecule has 1 aliphatic heterocycles. The average molecular weight is 366 g/mol. The summed E-state index contributed by atoms with van der Waals surface area (Å²) in [4.78, 5) is 14.6. The van der Waals surface area contributed by atoms with E-state index in [0.717, 1.165) is 31.4 Å². The topological polar surface area (TPSA) is 46.3 Å². The van der Waals surface area contributed by atoms with Crippen LogP contribution in [0.4, 0.5) is 0 Å². The van der Waals surface area contributed by atoms with Gasteiger partial charge in [0.1, 0.15) is 0 Å². The van der Waals surface area contributed by atoms with E-state index in [1.54, 1.807) is 6.07 Å². The van der Waals surface area contributed by atoms with Crippen LogP contribution in [0.25, 0.3) is 0 Å². The number of halogens is 3. The molecule has 0 radical (unpaired) electrons. The largest absolute Gasteiger partial charge is 0.338 e. The van der Waals surface area contributed by atoms with Crippen molar-refractivity contribution >= 4 is 41.5 Å². The molecule has 3 nitrogen and oxygen atoms in total. The van der Waals surface area contributed by atoms with Gasteiger partial charge in [0.05, 0.1) is 0 Å². The van der Waals surface area contributed by atoms with Gasteiger partial charge in [0.2, 0.25) is 5.91 Å². The number of benzene rings is 1. The monoisotopic (exact) mass is 364 g/mol. The summed E-state index contributed by atoms with van der Waals surface area (Å²) in [6.07, 6.45) is 3.86. The Kier molecular flexibility index (Phi) is 7.98. The van der Waals surface area contributed by atoms with Crippen molar-refractivity contribution in [1.82, 2.24) is 4.90 Å². The van der Waals surface area contributed by atoms with Crippen molar-refractivity contribution in [3.8, 4) is 0 Å². The zero-order valence-corrected chi connectivity index (χ0v) is 15.1. The molecule has 22 heavy (non-hydrogen) atoms. The molecule has 6 heteroatoms. The van der Waals surface area contributed by atoms with Crippen LogP contribution in [-0.4, -0.2) is 29.9 Å². The number of piperidine rings is 1. The standard InChI is InChI=1S/C16H22Cl2N2O.ClH/c1-11(8-12-5-6-13(17)9-15(12)18)16(21)20-7-3-2-4-14(20)10-19;/h5-6,9,11,14H,2-4,7-8,10,19H2,1H3;1H. The van der Waals surface area contributed by atoms with Crippen LogP contribution >= 0.6 is 35.6 Å². The Hall–Kier alpha value is -0.480. The zero-order chi connectivity index (χ0) is 15.4. The van der Waals surface area contributed by atoms with E-state index < -0.39 is 0 Å². The Morgan fingerprint density at radius 3 is 2.77 bits per heavy atom. The minimum atomic E-state index is -0.101. The molecule has 1 amide bonds. The molecule has 0 saturated carbocycles. The molecule has 1 saturated heterocycles. The third-order valence-corrected chi connectivity index (χ3v) is 4.73. The molecule has 2 rings (SSSR count). The molecule has 1 aromatic carbocycles. The third kappa shape index (κ3) is 4.76. The van der Waals surface area contributed by atoms with Gasteiger partial charge in [-0.25, -0.2) is 0 Å². The van der Waals surface area contributed by atoms with E-state index in [0.29, 0.717) is 23.0 Å². The number of carbonyl (C=O) groups is 1. The first-order valence-electron chi connectivity index (χ1n) is 7.47. The van der Waals surface area contributed by atoms with Gasteiger partial charge in [0.15, 0.2) is 0 Å². The first kappa shape index (κ1) is 19.6. The second-order valence-corrected chi connectivity index (χ2v) is 6.60. The highest BCUT2D eigenvalue weighted by molar-refractivity contribution is 6.35. The Bertz CT molecular complexity index is 510. The maximum Gasteiger partial charge on any atom is 0.226 e. The number of carbonyl (C=O) groups excluding carboxylic acids is 1. The van der Waals surface area contributed by atoms with Gasteiger partial charge in [-0.3, -0.25) is 4.79 Å². The Morgan fingerprint density at radius 2 is 2.14 bits per heavy atom. The molecular weight excluding hydrogens is 343 g/mol. The van der Waals surface area contributed by atoms with Crippen molar-refractivity contribution in [2.45, 2.75) is 38.6 Å². The predicted molar refractivity (Wildman–Crippen MR) is 95.0 cm³/mol. The molecule has 2 unspecified atom stereocenters. The maximum atomic E-state index is 12.7. The molecule has 1 aromatic rings. The fourth-order valence-electron chi connectivity index (χ4n) is 2.92. The van der Waals surface area contributed by atoms with Crippen LogP contribution in [-0.2, 0) is 11.2 Å². The normalized spacial score (nSPS) is 19.5. The van der Waals surface area contributed by atoms with Gasteiger partial charge in [-0.15, -0.1) is 12.4 Å². The van der Waals surface area contributed by atoms with E-state index in [4.69, 9.17) is 28.9 Å². The lowest BCUT2D eigenvalue weighted by molar-refractivity contribution is -0.138. The lowest BCUT2D eigenvalue weighted by Crippen LogP contribution is -2.49. The number of nitrogens with zero attached hydrogens (tertiary/aromatic N) is 1. The first-order chi connectivity index (χ1) is 10.0. The molecule has 1 fully saturated rings. The summed E-state index contributed by atoms with van der Waals surface area (Å²) in [7, 11) is 0. The van der Waals surface area contributed by atoms with Crippen LogP contribution in [0, 0.1) is 5.92 Å². The summed E-state index contributed by atoms with van der Waals surface area (Å²) in [6.45, 7) is 3.31. The van der Waals surface area contributed by atoms with Crippen molar-refractivity contribution in [1.29, 1.82) is 0 Å². The summed E-state index contributed by atoms with van der Waals surface area (Å²) < 4.78 is 0. The summed E-state index contributed by atoms with van der Waals surface area (Å²) in [5, 5.41) is 1.23. The van der Waals surface area contributed by atoms with Gasteiger partial charge in [0.25, 0.3) is 0 Å². The van der Waals surface area contributed by atoms with E-state index in [-0.39, 0.29) is 30.3 Å². The van der Waals surface area contributed by atoms with Crippen LogP contribution in [0.1, 0.15) is 31.7 Å². The van der Waals surface area contributed by atoms with Crippen LogP contribution in [0.2, 0.25) is 10.0 Å². The van der Waals surface area contributed by atoms with Crippen molar-refractivity contribution in [2.75, 3.05) is 13.1 Å². The minimum Gasteiger partial charge on any atom is -0.338 e. The highest BCUT2D eigenvalue weighted by Gasteiger charge is 2.28. The molecule has 124 valence electrons. The Morgan fingerprint density at radius 1 is 1.41 bits per heavy atom. The van der Waals surface area contributed by atoms with Gasteiger partial charge < -0.3 is 10.6 Å². The van der Waals surface area contributed by atoms with E-state index in [1.165, 1.54) is 0 Å². The molecule has 2 atom stereocenters. The molecule has 1 aliphatic rings. The zero-order valence-electron chi connectivity index (χ0n) is 12.7. The quantitative estimate of drug-likeness (QED) is 0.878. The number of nitrogens with two attached hydrogens (primary N) is 1. The highest BCUT2D eigenvalue weighted by Crippen LogP contribution is 2.25. The molecule has 0 spiro atoms. The van der Waals surface area contributed by atoms with E-state index >= 15 is 0 Å². The molecule has 0 aromatic heterocycles. The second kappa shape index (κ2) is 8.97. The van der Waals surface area contributed by atoms with Crippen molar-refractivity contribution in [2.24, 2.45) is 11.7 Å². The fourth-order valence-corrected chi connectivity index (χ4v) is 3.41. The van der Waals surface area contributed by atoms with Crippen LogP contribution in [0.5, 0.6) is 0 Å². The lowest BCUT2D eigenvalue weighted by Gasteiger charge is -2.36. The Labute approximate surface area is 148 Å². The van der Waals surface area contributed by atoms with E-state index in [2.05, 4.69) is 0 Å². The van der Waals surface area contributed by atoms with Gasteiger partial charge in [-0.1, -0.05) is 36.2 Å². The van der Waals surface area contributed by atoms with Crippen molar-refractivity contribution < 1.29 is 4.79 Å². The van der Waals surface area contributed by atoms with Crippen LogP contribution in [0.3, 0.4) is 0 Å². The van der Waals surface area contributed by atoms with Gasteiger partial charge >= 0.3 is 0 Å². The summed E-state index contributed by atoms with van der Waals surface area (Å²) in [5.74, 6) is 0.0759. The number of hydrogen-bond donors (Lipinski definition) is 1. The first-order valence-corrected chi connectivity index (χ1v) is 8.23. The van der Waals surface area contributed by atoms with E-state index in [1.807, 2.05) is 24.0 Å². The summed E-state index contributed by atoms with van der Waals surface area (Å²) in [5.41, 5.74) is 6.76. The van der Waals surface area contributed by atoms with Gasteiger partial charge in [-0.2, -0.15) is 0 Å². The molecule has 0 aliphatic carbocycles. The molecular formula is C16H23Cl3N2O. The van der Waals surface area contributed by atoms with E-state index in [9.17, 15) is 4.79 Å². The summed E-state index contributed by atoms with van der Waals surface area (Å²) in [6, 6.07) is 5.61. The second-order valence-electron chi connectivity index (χ2n) is 5.76. The smallest absolute Gasteiger partial charge is 0.226 e. The predicted octanol–water partition coefficient (Wildman–Crippen LogP) is 3.93. The maximum absolute atomic E-state index is 12.7. The number of rotatable bonds is 4. The number of likely N-dealkylation sites (tertiary alicyclic amines) is 1. The minimum absolute atomic E-state index is 0. The summed E-state index contributed by atoms with van der Waals surface area (Å²) >= 11 is 12.1. The molecule has 0 bridgehead atoms. The molecule has 2 N–H and O–H groups in total. The SMILES string of the molecule is CC(Cc1ccc(Cl)cc1Cl)C(=O)N1CCCCC1CN.Cl.